The number of nitrogens with one attached hydrogen (secondary N) is 4. The van der Waals surface area contributed by atoms with E-state index < -0.39 is 0 Å². The van der Waals surface area contributed by atoms with Gasteiger partial charge in [0.25, 0.3) is 0 Å². The van der Waals surface area contributed by atoms with Crippen LogP contribution in [-0.4, -0.2) is 36.5 Å². The third kappa shape index (κ3) is 6.19. The standard InChI is InChI=1S/C13H26N4OS2/c1-9-5-4-6-11(10(9)2)15-13(20)17-16-12(19)14-7-8-18-3/h9-11H,4-8H2,1-3H3,(H2,14,16,19)(H2,15,17,20)/t9-,10-,11+/m1/s1. The predicted molar refractivity (Wildman–Crippen MR) is 90.4 cm³/mol. The van der Waals surface area contributed by atoms with E-state index in [1.54, 1.807) is 7.11 Å². The van der Waals surface area contributed by atoms with E-state index in [1.165, 1.54) is 19.3 Å². The van der Waals surface area contributed by atoms with Crippen molar-refractivity contribution < 1.29 is 4.74 Å². The summed E-state index contributed by atoms with van der Waals surface area (Å²) in [5.41, 5.74) is 5.79. The van der Waals surface area contributed by atoms with Gasteiger partial charge in [0.15, 0.2) is 10.2 Å². The third-order valence-electron chi connectivity index (χ3n) is 3.90. The maximum absolute atomic E-state index is 5.28. The fourth-order valence-corrected chi connectivity index (χ4v) is 2.77. The average Bonchev–Trinajstić information content (AvgIpc) is 2.42. The first-order chi connectivity index (χ1) is 9.54. The lowest BCUT2D eigenvalue weighted by molar-refractivity contribution is 0.204. The van der Waals surface area contributed by atoms with Crippen molar-refractivity contribution in [2.75, 3.05) is 20.3 Å². The van der Waals surface area contributed by atoms with Crippen molar-refractivity contribution in [3.05, 3.63) is 0 Å². The Hall–Kier alpha value is -0.660. The van der Waals surface area contributed by atoms with Crippen molar-refractivity contribution in [3.8, 4) is 0 Å². The summed E-state index contributed by atoms with van der Waals surface area (Å²) in [5.74, 6) is 1.38. The highest BCUT2D eigenvalue weighted by atomic mass is 32.1. The first-order valence-electron chi connectivity index (χ1n) is 7.14. The Morgan fingerprint density at radius 2 is 1.85 bits per heavy atom. The molecule has 4 N–H and O–H groups in total. The first-order valence-corrected chi connectivity index (χ1v) is 7.95. The van der Waals surface area contributed by atoms with Crippen LogP contribution in [-0.2, 0) is 4.74 Å². The van der Waals surface area contributed by atoms with Crippen LogP contribution in [0.25, 0.3) is 0 Å². The zero-order valence-corrected chi connectivity index (χ0v) is 14.1. The SMILES string of the molecule is COCCNC(=S)NNC(=S)N[C@H]1CCC[C@@H](C)[C@H]1C. The Bertz CT molecular complexity index is 327. The van der Waals surface area contributed by atoms with Gasteiger partial charge in [-0.25, -0.2) is 0 Å². The summed E-state index contributed by atoms with van der Waals surface area (Å²) in [6, 6.07) is 0.440. The fraction of sp³-hybridized carbons (Fsp3) is 0.846. The molecule has 20 heavy (non-hydrogen) atoms. The maximum atomic E-state index is 5.28. The van der Waals surface area contributed by atoms with Crippen molar-refractivity contribution in [1.29, 1.82) is 0 Å². The molecular formula is C13H26N4OS2. The summed E-state index contributed by atoms with van der Waals surface area (Å²) in [4.78, 5) is 0. The van der Waals surface area contributed by atoms with E-state index in [0.29, 0.717) is 35.3 Å². The molecule has 0 heterocycles. The predicted octanol–water partition coefficient (Wildman–Crippen LogP) is 1.30. The molecule has 116 valence electrons. The van der Waals surface area contributed by atoms with Gasteiger partial charge in [0, 0.05) is 19.7 Å². The molecule has 1 rings (SSSR count). The molecule has 0 aromatic rings. The Kier molecular flexibility index (Phi) is 8.09. The van der Waals surface area contributed by atoms with E-state index >= 15 is 0 Å². The molecule has 0 spiro atoms. The van der Waals surface area contributed by atoms with Gasteiger partial charge in [0.05, 0.1) is 6.61 Å². The van der Waals surface area contributed by atoms with Gasteiger partial charge in [0.2, 0.25) is 0 Å². The Morgan fingerprint density at radius 3 is 2.55 bits per heavy atom. The highest BCUT2D eigenvalue weighted by Crippen LogP contribution is 2.29. The topological polar surface area (TPSA) is 57.4 Å². The van der Waals surface area contributed by atoms with E-state index in [-0.39, 0.29) is 0 Å². The number of hydrogen-bond acceptors (Lipinski definition) is 3. The van der Waals surface area contributed by atoms with Crippen LogP contribution in [0, 0.1) is 11.8 Å². The summed E-state index contributed by atoms with van der Waals surface area (Å²) < 4.78 is 4.93. The highest BCUT2D eigenvalue weighted by molar-refractivity contribution is 7.80. The molecule has 7 heteroatoms. The van der Waals surface area contributed by atoms with Crippen molar-refractivity contribution in [2.45, 2.75) is 39.2 Å². The minimum absolute atomic E-state index is 0.440. The quantitative estimate of drug-likeness (QED) is 0.354. The molecule has 0 amide bonds. The molecule has 0 aromatic carbocycles. The summed E-state index contributed by atoms with van der Waals surface area (Å²) in [6.07, 6.45) is 3.74. The molecule has 0 aromatic heterocycles. The highest BCUT2D eigenvalue weighted by Gasteiger charge is 2.27. The van der Waals surface area contributed by atoms with Gasteiger partial charge in [-0.1, -0.05) is 26.7 Å². The molecule has 3 atom stereocenters. The lowest BCUT2D eigenvalue weighted by Crippen LogP contribution is -2.54. The molecule has 1 aliphatic rings. The molecule has 1 saturated carbocycles. The number of hydrogen-bond donors (Lipinski definition) is 4. The molecule has 1 aliphatic carbocycles. The minimum Gasteiger partial charge on any atom is -0.383 e. The maximum Gasteiger partial charge on any atom is 0.185 e. The van der Waals surface area contributed by atoms with E-state index in [2.05, 4.69) is 35.3 Å². The van der Waals surface area contributed by atoms with E-state index in [9.17, 15) is 0 Å². The lowest BCUT2D eigenvalue weighted by Gasteiger charge is -2.35. The molecule has 0 unspecified atom stereocenters. The monoisotopic (exact) mass is 318 g/mol. The van der Waals surface area contributed by atoms with Crippen LogP contribution in [0.1, 0.15) is 33.1 Å². The fourth-order valence-electron chi connectivity index (χ4n) is 2.41. The number of ether oxygens (including phenoxy) is 1. The second-order valence-corrected chi connectivity index (χ2v) is 6.16. The molecular weight excluding hydrogens is 292 g/mol. The second kappa shape index (κ2) is 9.31. The van der Waals surface area contributed by atoms with Crippen molar-refractivity contribution in [1.82, 2.24) is 21.5 Å². The van der Waals surface area contributed by atoms with Crippen LogP contribution in [0.5, 0.6) is 0 Å². The number of rotatable bonds is 4. The van der Waals surface area contributed by atoms with Crippen molar-refractivity contribution >= 4 is 34.7 Å². The molecule has 0 aliphatic heterocycles. The molecule has 0 radical (unpaired) electrons. The van der Waals surface area contributed by atoms with Crippen molar-refractivity contribution in [2.24, 2.45) is 11.8 Å². The van der Waals surface area contributed by atoms with Crippen LogP contribution in [0.2, 0.25) is 0 Å². The molecule has 0 saturated heterocycles. The number of methoxy groups -OCH3 is 1. The summed E-state index contributed by atoms with van der Waals surface area (Å²) in [7, 11) is 1.65. The third-order valence-corrected chi connectivity index (χ3v) is 4.37. The minimum atomic E-state index is 0.440. The Labute approximate surface area is 132 Å². The van der Waals surface area contributed by atoms with Gasteiger partial charge < -0.3 is 15.4 Å². The smallest absolute Gasteiger partial charge is 0.185 e. The average molecular weight is 319 g/mol. The summed E-state index contributed by atoms with van der Waals surface area (Å²) in [6.45, 7) is 5.87. The van der Waals surface area contributed by atoms with Crippen molar-refractivity contribution in [3.63, 3.8) is 0 Å². The van der Waals surface area contributed by atoms with E-state index in [4.69, 9.17) is 29.2 Å². The molecule has 5 nitrogen and oxygen atoms in total. The van der Waals surface area contributed by atoms with Crippen LogP contribution in [0.3, 0.4) is 0 Å². The van der Waals surface area contributed by atoms with Gasteiger partial charge in [-0.05, 0) is 42.7 Å². The second-order valence-electron chi connectivity index (χ2n) is 5.35. The van der Waals surface area contributed by atoms with Crippen LogP contribution < -0.4 is 21.5 Å². The summed E-state index contributed by atoms with van der Waals surface area (Å²) in [5, 5.41) is 7.47. The van der Waals surface area contributed by atoms with Gasteiger partial charge in [-0.15, -0.1) is 0 Å². The zero-order chi connectivity index (χ0) is 15.0. The zero-order valence-electron chi connectivity index (χ0n) is 12.5. The van der Waals surface area contributed by atoms with Gasteiger partial charge in [-0.2, -0.15) is 0 Å². The Morgan fingerprint density at radius 1 is 1.15 bits per heavy atom. The van der Waals surface area contributed by atoms with Gasteiger partial charge in [-0.3, -0.25) is 10.9 Å². The number of hydrazine groups is 1. The molecule has 0 bridgehead atoms. The van der Waals surface area contributed by atoms with Crippen LogP contribution in [0.4, 0.5) is 0 Å². The van der Waals surface area contributed by atoms with Gasteiger partial charge in [0.1, 0.15) is 0 Å². The van der Waals surface area contributed by atoms with E-state index in [1.807, 2.05) is 0 Å². The first kappa shape index (κ1) is 17.4. The largest absolute Gasteiger partial charge is 0.383 e. The van der Waals surface area contributed by atoms with Gasteiger partial charge >= 0.3 is 0 Å². The van der Waals surface area contributed by atoms with Crippen LogP contribution in [0.15, 0.2) is 0 Å². The number of thiocarbonyl (C=S) groups is 2. The molecule has 1 fully saturated rings. The van der Waals surface area contributed by atoms with E-state index in [0.717, 1.165) is 5.92 Å². The normalized spacial score (nSPS) is 25.6. The lowest BCUT2D eigenvalue weighted by atomic mass is 9.78. The Balaban J connectivity index is 2.21. The summed E-state index contributed by atoms with van der Waals surface area (Å²) >= 11 is 10.4. The van der Waals surface area contributed by atoms with Crippen LogP contribution >= 0.6 is 24.4 Å².